The van der Waals surface area contributed by atoms with Crippen LogP contribution in [0, 0.1) is 5.41 Å². The Kier molecular flexibility index (Phi) is 1.95. The Bertz CT molecular complexity index is 200. The molecule has 1 saturated heterocycles. The molecule has 2 fully saturated rings. The summed E-state index contributed by atoms with van der Waals surface area (Å²) in [5.74, 6) is 0.492. The lowest BCUT2D eigenvalue weighted by molar-refractivity contribution is -0.133. The fourth-order valence-electron chi connectivity index (χ4n) is 2.64. The van der Waals surface area contributed by atoms with E-state index in [4.69, 9.17) is 0 Å². The topological polar surface area (TPSA) is 29.1 Å². The Labute approximate surface area is 73.7 Å². The highest BCUT2D eigenvalue weighted by atomic mass is 16.1. The molecule has 1 N–H and O–H groups in total. The smallest absolute Gasteiger partial charge is 0.140 e. The predicted octanol–water partition coefficient (Wildman–Crippen LogP) is 1.50. The van der Waals surface area contributed by atoms with Crippen molar-refractivity contribution < 1.29 is 4.79 Å². The lowest BCUT2D eigenvalue weighted by Gasteiger charge is -2.44. The van der Waals surface area contributed by atoms with Gasteiger partial charge in [0.05, 0.1) is 0 Å². The molecule has 2 rings (SSSR count). The zero-order chi connectivity index (χ0) is 8.60. The average Bonchev–Trinajstić information content (AvgIpc) is 2.07. The number of rotatable bonds is 0. The van der Waals surface area contributed by atoms with Crippen LogP contribution in [0.2, 0.25) is 0 Å². The van der Waals surface area contributed by atoms with E-state index in [1.54, 1.807) is 0 Å². The summed E-state index contributed by atoms with van der Waals surface area (Å²) in [6.07, 6.45) is 5.37. The summed E-state index contributed by atoms with van der Waals surface area (Å²) < 4.78 is 0. The first-order chi connectivity index (χ1) is 5.73. The van der Waals surface area contributed by atoms with Gasteiger partial charge in [0.1, 0.15) is 5.78 Å². The van der Waals surface area contributed by atoms with Crippen LogP contribution >= 0.6 is 0 Å². The van der Waals surface area contributed by atoms with Crippen molar-refractivity contribution in [1.29, 1.82) is 0 Å². The molecule has 2 heteroatoms. The molecule has 68 valence electrons. The quantitative estimate of drug-likeness (QED) is 0.592. The maximum Gasteiger partial charge on any atom is 0.140 e. The minimum atomic E-state index is -0.0174. The van der Waals surface area contributed by atoms with E-state index in [1.165, 1.54) is 12.8 Å². The second-order valence-electron chi connectivity index (χ2n) is 4.34. The number of hydrogen-bond donors (Lipinski definition) is 1. The van der Waals surface area contributed by atoms with Gasteiger partial charge in [-0.1, -0.05) is 6.92 Å². The van der Waals surface area contributed by atoms with Crippen molar-refractivity contribution in [2.45, 2.75) is 45.1 Å². The standard InChI is InChI=1S/C10H17NO/c1-10-6-3-7-11-8(10)4-2-5-9(10)12/h8,11H,2-7H2,1H3/t8-,10-/m0/s1. The van der Waals surface area contributed by atoms with Crippen LogP contribution in [0.4, 0.5) is 0 Å². The number of nitrogens with one attached hydrogen (secondary N) is 1. The molecule has 1 aliphatic carbocycles. The van der Waals surface area contributed by atoms with Gasteiger partial charge in [-0.05, 0) is 32.2 Å². The van der Waals surface area contributed by atoms with Crippen LogP contribution in [-0.2, 0) is 4.79 Å². The van der Waals surface area contributed by atoms with E-state index >= 15 is 0 Å². The average molecular weight is 167 g/mol. The molecule has 1 heterocycles. The predicted molar refractivity (Wildman–Crippen MR) is 48.0 cm³/mol. The summed E-state index contributed by atoms with van der Waals surface area (Å²) in [5, 5.41) is 3.47. The van der Waals surface area contributed by atoms with E-state index in [0.717, 1.165) is 25.8 Å². The molecule has 1 saturated carbocycles. The van der Waals surface area contributed by atoms with E-state index in [1.807, 2.05) is 0 Å². The number of piperidine rings is 1. The molecule has 0 radical (unpaired) electrons. The zero-order valence-electron chi connectivity index (χ0n) is 7.73. The Hall–Kier alpha value is -0.370. The van der Waals surface area contributed by atoms with Crippen LogP contribution in [0.5, 0.6) is 0 Å². The summed E-state index contributed by atoms with van der Waals surface area (Å²) in [6, 6.07) is 0.479. The SMILES string of the molecule is C[C@]12CCCN[C@H]1CCCC2=O. The number of hydrogen-bond acceptors (Lipinski definition) is 2. The minimum Gasteiger partial charge on any atom is -0.313 e. The Morgan fingerprint density at radius 2 is 2.33 bits per heavy atom. The number of carbonyl (C=O) groups excluding carboxylic acids is 1. The first-order valence-electron chi connectivity index (χ1n) is 5.00. The molecule has 0 amide bonds. The highest BCUT2D eigenvalue weighted by Gasteiger charge is 2.44. The van der Waals surface area contributed by atoms with Gasteiger partial charge in [0, 0.05) is 17.9 Å². The van der Waals surface area contributed by atoms with E-state index in [-0.39, 0.29) is 5.41 Å². The summed E-state index contributed by atoms with van der Waals surface area (Å²) in [5.41, 5.74) is -0.0174. The van der Waals surface area contributed by atoms with E-state index < -0.39 is 0 Å². The van der Waals surface area contributed by atoms with Crippen LogP contribution in [0.15, 0.2) is 0 Å². The van der Waals surface area contributed by atoms with Crippen molar-refractivity contribution in [3.8, 4) is 0 Å². The van der Waals surface area contributed by atoms with Gasteiger partial charge in [-0.2, -0.15) is 0 Å². The summed E-state index contributed by atoms with van der Waals surface area (Å²) in [7, 11) is 0. The summed E-state index contributed by atoms with van der Waals surface area (Å²) >= 11 is 0. The Morgan fingerprint density at radius 1 is 1.50 bits per heavy atom. The molecule has 12 heavy (non-hydrogen) atoms. The molecule has 2 nitrogen and oxygen atoms in total. The number of ketones is 1. The number of carbonyl (C=O) groups is 1. The molecule has 1 aliphatic heterocycles. The van der Waals surface area contributed by atoms with Gasteiger partial charge in [0.2, 0.25) is 0 Å². The summed E-state index contributed by atoms with van der Waals surface area (Å²) in [4.78, 5) is 11.7. The van der Waals surface area contributed by atoms with Crippen molar-refractivity contribution in [2.75, 3.05) is 6.54 Å². The van der Waals surface area contributed by atoms with Crippen molar-refractivity contribution in [1.82, 2.24) is 5.32 Å². The number of Topliss-reactive ketones (excluding diaryl/α,β-unsaturated/α-hetero) is 1. The van der Waals surface area contributed by atoms with Crippen molar-refractivity contribution in [3.63, 3.8) is 0 Å². The van der Waals surface area contributed by atoms with Gasteiger partial charge >= 0.3 is 0 Å². The highest BCUT2D eigenvalue weighted by molar-refractivity contribution is 5.86. The third-order valence-corrected chi connectivity index (χ3v) is 3.57. The second kappa shape index (κ2) is 2.84. The molecule has 0 aromatic rings. The molecular formula is C10H17NO. The van der Waals surface area contributed by atoms with Gasteiger partial charge in [-0.25, -0.2) is 0 Å². The third-order valence-electron chi connectivity index (χ3n) is 3.57. The van der Waals surface area contributed by atoms with Crippen molar-refractivity contribution in [3.05, 3.63) is 0 Å². The van der Waals surface area contributed by atoms with Crippen molar-refractivity contribution >= 4 is 5.78 Å². The fourth-order valence-corrected chi connectivity index (χ4v) is 2.64. The Morgan fingerprint density at radius 3 is 3.08 bits per heavy atom. The van der Waals surface area contributed by atoms with Gasteiger partial charge in [-0.3, -0.25) is 4.79 Å². The Balaban J connectivity index is 2.20. The van der Waals surface area contributed by atoms with Crippen LogP contribution in [0.3, 0.4) is 0 Å². The first kappa shape index (κ1) is 8.24. The monoisotopic (exact) mass is 167 g/mol. The molecule has 0 spiro atoms. The molecule has 2 aliphatic rings. The summed E-state index contributed by atoms with van der Waals surface area (Å²) in [6.45, 7) is 3.25. The largest absolute Gasteiger partial charge is 0.313 e. The van der Waals surface area contributed by atoms with Crippen molar-refractivity contribution in [2.24, 2.45) is 5.41 Å². The second-order valence-corrected chi connectivity index (χ2v) is 4.34. The molecule has 2 atom stereocenters. The number of fused-ring (bicyclic) bond motifs is 1. The highest BCUT2D eigenvalue weighted by Crippen LogP contribution is 2.39. The fraction of sp³-hybridized carbons (Fsp3) is 0.900. The van der Waals surface area contributed by atoms with Crippen LogP contribution in [-0.4, -0.2) is 18.4 Å². The van der Waals surface area contributed by atoms with Gasteiger partial charge in [-0.15, -0.1) is 0 Å². The molecule has 0 aromatic heterocycles. The maximum absolute atomic E-state index is 11.7. The van der Waals surface area contributed by atoms with E-state index in [2.05, 4.69) is 12.2 Å². The van der Waals surface area contributed by atoms with E-state index in [9.17, 15) is 4.79 Å². The van der Waals surface area contributed by atoms with Gasteiger partial charge < -0.3 is 5.32 Å². The molecule has 0 aromatic carbocycles. The lowest BCUT2D eigenvalue weighted by atomic mass is 9.66. The molecule has 0 bridgehead atoms. The maximum atomic E-state index is 11.7. The van der Waals surface area contributed by atoms with Crippen LogP contribution in [0.25, 0.3) is 0 Å². The normalized spacial score (nSPS) is 42.4. The third kappa shape index (κ3) is 1.09. The molecular weight excluding hydrogens is 150 g/mol. The zero-order valence-corrected chi connectivity index (χ0v) is 7.73. The lowest BCUT2D eigenvalue weighted by Crippen LogP contribution is -2.54. The van der Waals surface area contributed by atoms with Gasteiger partial charge in [0.15, 0.2) is 0 Å². The van der Waals surface area contributed by atoms with Crippen LogP contribution < -0.4 is 5.32 Å². The molecule has 0 unspecified atom stereocenters. The first-order valence-corrected chi connectivity index (χ1v) is 5.00. The van der Waals surface area contributed by atoms with E-state index in [0.29, 0.717) is 11.8 Å². The van der Waals surface area contributed by atoms with Gasteiger partial charge in [0.25, 0.3) is 0 Å². The van der Waals surface area contributed by atoms with Crippen LogP contribution in [0.1, 0.15) is 39.0 Å². The minimum absolute atomic E-state index is 0.0174.